The maximum atomic E-state index is 11.7. The highest BCUT2D eigenvalue weighted by Gasteiger charge is 2.07. The number of rotatable bonds is 5. The number of carbonyl (C=O) groups is 1. The van der Waals surface area contributed by atoms with Crippen LogP contribution in [0.1, 0.15) is 10.4 Å². The van der Waals surface area contributed by atoms with Crippen molar-refractivity contribution in [3.63, 3.8) is 0 Å². The van der Waals surface area contributed by atoms with E-state index in [9.17, 15) is 4.79 Å². The topological polar surface area (TPSA) is 48.4 Å². The van der Waals surface area contributed by atoms with Crippen LogP contribution < -0.4 is 4.74 Å². The van der Waals surface area contributed by atoms with Crippen molar-refractivity contribution in [1.29, 1.82) is 0 Å². The van der Waals surface area contributed by atoms with Gasteiger partial charge in [0.1, 0.15) is 19.0 Å². The summed E-state index contributed by atoms with van der Waals surface area (Å²) >= 11 is 6.61. The van der Waals surface area contributed by atoms with E-state index in [-0.39, 0.29) is 6.61 Å². The third-order valence-corrected chi connectivity index (χ3v) is 3.25. The molecule has 1 heterocycles. The third-order valence-electron chi connectivity index (χ3n) is 2.32. The van der Waals surface area contributed by atoms with E-state index in [4.69, 9.17) is 9.47 Å². The van der Waals surface area contributed by atoms with Gasteiger partial charge in [0.25, 0.3) is 0 Å². The Balaban J connectivity index is 1.77. The number of aromatic nitrogens is 1. The van der Waals surface area contributed by atoms with Crippen LogP contribution in [0.15, 0.2) is 51.7 Å². The number of nitrogens with zero attached hydrogens (tertiary/aromatic N) is 1. The van der Waals surface area contributed by atoms with Gasteiger partial charge in [0.15, 0.2) is 0 Å². The number of carbonyl (C=O) groups excluding carboxylic acids is 1. The molecule has 0 spiro atoms. The monoisotopic (exact) mass is 399 g/mol. The summed E-state index contributed by atoms with van der Waals surface area (Å²) in [6.45, 7) is 0.474. The fraction of sp³-hybridized carbons (Fsp3) is 0.143. The van der Waals surface area contributed by atoms with Gasteiger partial charge in [-0.2, -0.15) is 0 Å². The van der Waals surface area contributed by atoms with Gasteiger partial charge >= 0.3 is 5.97 Å². The smallest absolute Gasteiger partial charge is 0.339 e. The van der Waals surface area contributed by atoms with Gasteiger partial charge in [0.05, 0.1) is 5.56 Å². The van der Waals surface area contributed by atoms with Crippen LogP contribution in [0.2, 0.25) is 0 Å². The summed E-state index contributed by atoms with van der Waals surface area (Å²) in [6, 6.07) is 9.13. The summed E-state index contributed by atoms with van der Waals surface area (Å²) in [5.41, 5.74) is 0.404. The molecule has 2 aromatic rings. The van der Waals surface area contributed by atoms with E-state index in [1.807, 2.05) is 24.3 Å². The normalized spacial score (nSPS) is 10.1. The fourth-order valence-corrected chi connectivity index (χ4v) is 2.20. The number of hydrogen-bond acceptors (Lipinski definition) is 4. The molecular weight excluding hydrogens is 390 g/mol. The molecule has 0 radical (unpaired) electrons. The van der Waals surface area contributed by atoms with Crippen LogP contribution in [0.5, 0.6) is 5.75 Å². The Morgan fingerprint density at radius 1 is 1.10 bits per heavy atom. The predicted molar refractivity (Wildman–Crippen MR) is 81.9 cm³/mol. The van der Waals surface area contributed by atoms with Gasteiger partial charge in [0.2, 0.25) is 0 Å². The Morgan fingerprint density at radius 2 is 1.95 bits per heavy atom. The lowest BCUT2D eigenvalue weighted by Gasteiger charge is -2.07. The number of benzene rings is 1. The molecule has 0 aliphatic rings. The van der Waals surface area contributed by atoms with Crippen LogP contribution in [-0.2, 0) is 4.74 Å². The highest BCUT2D eigenvalue weighted by molar-refractivity contribution is 9.10. The van der Waals surface area contributed by atoms with Crippen molar-refractivity contribution in [2.24, 2.45) is 0 Å². The molecule has 2 rings (SSSR count). The zero-order valence-corrected chi connectivity index (χ0v) is 13.6. The average Bonchev–Trinajstić information content (AvgIpc) is 2.43. The lowest BCUT2D eigenvalue weighted by molar-refractivity contribution is 0.0450. The predicted octanol–water partition coefficient (Wildman–Crippen LogP) is 3.84. The number of halogens is 2. The van der Waals surface area contributed by atoms with Crippen LogP contribution in [0.25, 0.3) is 0 Å². The van der Waals surface area contributed by atoms with Gasteiger partial charge in [-0.25, -0.2) is 4.79 Å². The summed E-state index contributed by atoms with van der Waals surface area (Å²) in [6.07, 6.45) is 3.06. The lowest BCUT2D eigenvalue weighted by atomic mass is 10.3. The van der Waals surface area contributed by atoms with Gasteiger partial charge in [-0.15, -0.1) is 0 Å². The van der Waals surface area contributed by atoms with Crippen molar-refractivity contribution in [1.82, 2.24) is 4.98 Å². The molecule has 1 aromatic heterocycles. The maximum Gasteiger partial charge on any atom is 0.339 e. The standard InChI is InChI=1S/C14H11Br2NO3/c15-11-2-1-3-13(7-11)19-4-5-20-14(18)10-6-12(16)9-17-8-10/h1-3,6-9H,4-5H2. The van der Waals surface area contributed by atoms with Crippen molar-refractivity contribution < 1.29 is 14.3 Å². The Hall–Kier alpha value is -1.40. The van der Waals surface area contributed by atoms with Crippen molar-refractivity contribution in [2.75, 3.05) is 13.2 Å². The molecule has 0 saturated carbocycles. The highest BCUT2D eigenvalue weighted by Crippen LogP contribution is 2.17. The van der Waals surface area contributed by atoms with Gasteiger partial charge in [-0.1, -0.05) is 22.0 Å². The minimum Gasteiger partial charge on any atom is -0.490 e. The molecule has 0 fully saturated rings. The first-order valence-corrected chi connectivity index (χ1v) is 7.40. The van der Waals surface area contributed by atoms with Crippen molar-refractivity contribution >= 4 is 37.8 Å². The van der Waals surface area contributed by atoms with Crippen molar-refractivity contribution in [3.05, 3.63) is 57.2 Å². The summed E-state index contributed by atoms with van der Waals surface area (Å²) in [4.78, 5) is 15.6. The summed E-state index contributed by atoms with van der Waals surface area (Å²) in [5.74, 6) is 0.302. The molecule has 104 valence electrons. The zero-order chi connectivity index (χ0) is 14.4. The highest BCUT2D eigenvalue weighted by atomic mass is 79.9. The molecule has 6 heteroatoms. The van der Waals surface area contributed by atoms with Crippen molar-refractivity contribution in [2.45, 2.75) is 0 Å². The summed E-state index contributed by atoms with van der Waals surface area (Å²) in [7, 11) is 0. The third kappa shape index (κ3) is 4.61. The minimum absolute atomic E-state index is 0.178. The van der Waals surface area contributed by atoms with E-state index < -0.39 is 5.97 Å². The second-order valence-corrected chi connectivity index (χ2v) is 5.66. The van der Waals surface area contributed by atoms with E-state index >= 15 is 0 Å². The molecule has 0 bridgehead atoms. The molecule has 0 amide bonds. The van der Waals surface area contributed by atoms with Crippen LogP contribution >= 0.6 is 31.9 Å². The Bertz CT molecular complexity index is 604. The van der Waals surface area contributed by atoms with Crippen molar-refractivity contribution in [3.8, 4) is 5.75 Å². The van der Waals surface area contributed by atoms with E-state index in [2.05, 4.69) is 36.8 Å². The second kappa shape index (κ2) is 7.40. The van der Waals surface area contributed by atoms with Crippen LogP contribution in [0.4, 0.5) is 0 Å². The molecule has 0 aliphatic heterocycles. The number of hydrogen-bond donors (Lipinski definition) is 0. The molecule has 0 saturated heterocycles. The quantitative estimate of drug-likeness (QED) is 0.565. The van der Waals surface area contributed by atoms with Gasteiger partial charge in [-0.3, -0.25) is 4.98 Å². The molecule has 0 aliphatic carbocycles. The minimum atomic E-state index is -0.420. The number of esters is 1. The largest absolute Gasteiger partial charge is 0.490 e. The van der Waals surface area contributed by atoms with E-state index in [1.165, 1.54) is 6.20 Å². The first-order valence-electron chi connectivity index (χ1n) is 5.81. The van der Waals surface area contributed by atoms with Gasteiger partial charge in [-0.05, 0) is 40.2 Å². The van der Waals surface area contributed by atoms with E-state index in [0.717, 1.165) is 14.7 Å². The Labute approximate surface area is 133 Å². The fourth-order valence-electron chi connectivity index (χ4n) is 1.46. The van der Waals surface area contributed by atoms with Crippen LogP contribution in [0, 0.1) is 0 Å². The Morgan fingerprint density at radius 3 is 2.70 bits per heavy atom. The van der Waals surface area contributed by atoms with Crippen LogP contribution in [0.3, 0.4) is 0 Å². The lowest BCUT2D eigenvalue weighted by Crippen LogP contribution is -2.12. The molecule has 0 atom stereocenters. The summed E-state index contributed by atoms with van der Waals surface area (Å²) < 4.78 is 12.2. The van der Waals surface area contributed by atoms with E-state index in [1.54, 1.807) is 12.3 Å². The average molecular weight is 401 g/mol. The number of pyridine rings is 1. The maximum absolute atomic E-state index is 11.7. The van der Waals surface area contributed by atoms with E-state index in [0.29, 0.717) is 12.2 Å². The zero-order valence-electron chi connectivity index (χ0n) is 10.4. The summed E-state index contributed by atoms with van der Waals surface area (Å²) in [5, 5.41) is 0. The first-order chi connectivity index (χ1) is 9.65. The molecule has 20 heavy (non-hydrogen) atoms. The van der Waals surface area contributed by atoms with Gasteiger partial charge in [0, 0.05) is 21.3 Å². The molecule has 1 aromatic carbocycles. The van der Waals surface area contributed by atoms with Crippen LogP contribution in [-0.4, -0.2) is 24.2 Å². The second-order valence-electron chi connectivity index (χ2n) is 3.83. The molecule has 4 nitrogen and oxygen atoms in total. The molecule has 0 N–H and O–H groups in total. The number of ether oxygens (including phenoxy) is 2. The first kappa shape index (κ1) is 15.0. The molecule has 0 unspecified atom stereocenters. The molecular formula is C14H11Br2NO3. The SMILES string of the molecule is O=C(OCCOc1cccc(Br)c1)c1cncc(Br)c1. The van der Waals surface area contributed by atoms with Gasteiger partial charge < -0.3 is 9.47 Å². The Kier molecular flexibility index (Phi) is 5.55.